The van der Waals surface area contributed by atoms with E-state index >= 15 is 0 Å². The Labute approximate surface area is 320 Å². The van der Waals surface area contributed by atoms with Gasteiger partial charge >= 0.3 is 19.8 Å². The van der Waals surface area contributed by atoms with Gasteiger partial charge in [0.1, 0.15) is 6.61 Å². The summed E-state index contributed by atoms with van der Waals surface area (Å²) in [5, 5.41) is 0. The summed E-state index contributed by atoms with van der Waals surface area (Å²) < 4.78 is 32.0. The quantitative estimate of drug-likeness (QED) is 0.0284. The number of hydrogen-bond acceptors (Lipinski definition) is 7. The average Bonchev–Trinajstić information content (AvgIpc) is 3.13. The molecular weight excluding hydrogens is 675 g/mol. The highest BCUT2D eigenvalue weighted by molar-refractivity contribution is 7.47. The van der Waals surface area contributed by atoms with E-state index in [4.69, 9.17) is 14.0 Å². The Balaban J connectivity index is 3.95. The normalized spacial score (nSPS) is 13.4. The summed E-state index contributed by atoms with van der Waals surface area (Å²) in [5.41, 5.74) is 0. The first kappa shape index (κ1) is 50.8. The molecule has 2 unspecified atom stereocenters. The number of phosphoric ester groups is 1. The fourth-order valence-electron chi connectivity index (χ4n) is 6.36. The van der Waals surface area contributed by atoms with Gasteiger partial charge in [-0.2, -0.15) is 0 Å². The van der Waals surface area contributed by atoms with Crippen LogP contribution < -0.4 is 0 Å². The van der Waals surface area contributed by atoms with Crippen molar-refractivity contribution in [1.82, 2.24) is 0 Å². The van der Waals surface area contributed by atoms with Gasteiger partial charge in [-0.25, -0.2) is 4.57 Å². The number of rotatable bonds is 41. The van der Waals surface area contributed by atoms with Crippen molar-refractivity contribution < 1.29 is 37.6 Å². The first-order valence-corrected chi connectivity index (χ1v) is 23.4. The van der Waals surface area contributed by atoms with E-state index in [9.17, 15) is 19.0 Å². The number of carbonyl (C=O) groups excluding carboxylic acids is 2. The second-order valence-corrected chi connectivity index (χ2v) is 16.4. The highest BCUT2D eigenvalue weighted by Crippen LogP contribution is 2.42. The minimum Gasteiger partial charge on any atom is -0.462 e. The molecule has 0 aliphatic carbocycles. The molecule has 0 aromatic heterocycles. The maximum absolute atomic E-state index is 12.5. The zero-order chi connectivity index (χ0) is 38.2. The Morgan fingerprint density at radius 3 is 1.25 bits per heavy atom. The zero-order valence-electron chi connectivity index (χ0n) is 34.2. The first-order chi connectivity index (χ1) is 25.3. The van der Waals surface area contributed by atoms with Crippen molar-refractivity contribution in [3.05, 3.63) is 12.2 Å². The minimum absolute atomic E-state index is 0.220. The molecule has 0 radical (unpaired) electrons. The summed E-state index contributed by atoms with van der Waals surface area (Å²) in [5.74, 6) is -0.794. The fraction of sp³-hybridized carbons (Fsp3) is 0.907. The van der Waals surface area contributed by atoms with E-state index in [1.165, 1.54) is 161 Å². The molecule has 0 spiro atoms. The van der Waals surface area contributed by atoms with Crippen LogP contribution >= 0.6 is 7.82 Å². The maximum atomic E-state index is 12.5. The van der Waals surface area contributed by atoms with Crippen LogP contribution in [0.3, 0.4) is 0 Å². The van der Waals surface area contributed by atoms with Gasteiger partial charge in [0.25, 0.3) is 0 Å². The van der Waals surface area contributed by atoms with Crippen LogP contribution in [0, 0.1) is 0 Å². The standard InChI is InChI=1S/C43H83O8P/c1-4-6-8-10-12-14-16-18-20-21-22-23-24-26-28-30-32-34-36-38-43(45)51-41(40-50-52(46,47)48-3)39-49-42(44)37-35-33-31-29-27-25-19-17-15-13-11-9-7-5-2/h18,20,41H,4-17,19,21-40H2,1-3H3,(H,46,47)/b20-18-. The third-order valence-corrected chi connectivity index (χ3v) is 10.7. The Kier molecular flexibility index (Phi) is 38.6. The second kappa shape index (κ2) is 39.5. The lowest BCUT2D eigenvalue weighted by Gasteiger charge is -2.19. The van der Waals surface area contributed by atoms with Gasteiger partial charge in [0.05, 0.1) is 6.61 Å². The molecule has 0 aliphatic heterocycles. The first-order valence-electron chi connectivity index (χ1n) is 21.9. The summed E-state index contributed by atoms with van der Waals surface area (Å²) in [7, 11) is -3.19. The molecular formula is C43H83O8P. The maximum Gasteiger partial charge on any atom is 0.472 e. The minimum atomic E-state index is -4.26. The Bertz CT molecular complexity index is 864. The average molecular weight is 759 g/mol. The van der Waals surface area contributed by atoms with Crippen LogP contribution in [-0.4, -0.2) is 43.3 Å². The van der Waals surface area contributed by atoms with E-state index in [1.807, 2.05) is 0 Å². The molecule has 0 aromatic carbocycles. The topological polar surface area (TPSA) is 108 Å². The number of unbranched alkanes of at least 4 members (excludes halogenated alkanes) is 28. The molecule has 0 saturated heterocycles. The summed E-state index contributed by atoms with van der Waals surface area (Å²) >= 11 is 0. The van der Waals surface area contributed by atoms with Gasteiger partial charge in [-0.05, 0) is 38.5 Å². The van der Waals surface area contributed by atoms with Crippen molar-refractivity contribution in [2.45, 2.75) is 232 Å². The fourth-order valence-corrected chi connectivity index (χ4v) is 6.82. The lowest BCUT2D eigenvalue weighted by Crippen LogP contribution is -2.29. The van der Waals surface area contributed by atoms with Crippen LogP contribution in [0.15, 0.2) is 12.2 Å². The van der Waals surface area contributed by atoms with Crippen LogP contribution in [-0.2, 0) is 32.7 Å². The van der Waals surface area contributed by atoms with Crippen LogP contribution in [0.1, 0.15) is 226 Å². The molecule has 0 bridgehead atoms. The molecule has 0 rings (SSSR count). The van der Waals surface area contributed by atoms with Crippen molar-refractivity contribution in [3.63, 3.8) is 0 Å². The number of phosphoric acid groups is 1. The highest BCUT2D eigenvalue weighted by atomic mass is 31.2. The molecule has 0 aromatic rings. The zero-order valence-corrected chi connectivity index (χ0v) is 35.1. The third kappa shape index (κ3) is 38.5. The third-order valence-electron chi connectivity index (χ3n) is 9.76. The Morgan fingerprint density at radius 2 is 0.865 bits per heavy atom. The van der Waals surface area contributed by atoms with Crippen molar-refractivity contribution in [2.75, 3.05) is 20.3 Å². The van der Waals surface area contributed by atoms with E-state index in [-0.39, 0.29) is 19.0 Å². The van der Waals surface area contributed by atoms with Crippen LogP contribution in [0.4, 0.5) is 0 Å². The largest absolute Gasteiger partial charge is 0.472 e. The van der Waals surface area contributed by atoms with E-state index in [1.54, 1.807) is 0 Å². The van der Waals surface area contributed by atoms with Gasteiger partial charge in [0.2, 0.25) is 0 Å². The van der Waals surface area contributed by atoms with Crippen molar-refractivity contribution in [1.29, 1.82) is 0 Å². The van der Waals surface area contributed by atoms with Crippen LogP contribution in [0.2, 0.25) is 0 Å². The molecule has 52 heavy (non-hydrogen) atoms. The van der Waals surface area contributed by atoms with Gasteiger partial charge in [-0.1, -0.05) is 187 Å². The highest BCUT2D eigenvalue weighted by Gasteiger charge is 2.24. The molecule has 0 aliphatic rings. The van der Waals surface area contributed by atoms with E-state index in [2.05, 4.69) is 30.5 Å². The monoisotopic (exact) mass is 759 g/mol. The summed E-state index contributed by atoms with van der Waals surface area (Å²) in [6.07, 6.45) is 42.6. The predicted molar refractivity (Wildman–Crippen MR) is 216 cm³/mol. The Morgan fingerprint density at radius 1 is 0.519 bits per heavy atom. The SMILES string of the molecule is CCCCCCCC/C=C\CCCCCCCCCCCC(=O)OC(COC(=O)CCCCCCCCCCCCCCCC)COP(=O)(O)OC. The van der Waals surface area contributed by atoms with E-state index in [0.717, 1.165) is 39.2 Å². The lowest BCUT2D eigenvalue weighted by molar-refractivity contribution is -0.161. The van der Waals surface area contributed by atoms with Crippen LogP contribution in [0.5, 0.6) is 0 Å². The summed E-state index contributed by atoms with van der Waals surface area (Å²) in [6, 6.07) is 0. The number of allylic oxidation sites excluding steroid dienone is 2. The molecule has 0 fully saturated rings. The molecule has 9 heteroatoms. The molecule has 0 saturated carbocycles. The number of ether oxygens (including phenoxy) is 2. The van der Waals surface area contributed by atoms with E-state index < -0.39 is 26.5 Å². The summed E-state index contributed by atoms with van der Waals surface area (Å²) in [4.78, 5) is 34.5. The Hall–Kier alpha value is -1.21. The number of carbonyl (C=O) groups is 2. The van der Waals surface area contributed by atoms with Crippen molar-refractivity contribution in [2.24, 2.45) is 0 Å². The number of hydrogen-bond donors (Lipinski definition) is 1. The van der Waals surface area contributed by atoms with Crippen molar-refractivity contribution >= 4 is 19.8 Å². The molecule has 0 heterocycles. The molecule has 0 amide bonds. The predicted octanol–water partition coefficient (Wildman–Crippen LogP) is 13.7. The lowest BCUT2D eigenvalue weighted by atomic mass is 10.0. The van der Waals surface area contributed by atoms with Gasteiger partial charge in [-0.15, -0.1) is 0 Å². The van der Waals surface area contributed by atoms with E-state index in [0.29, 0.717) is 12.8 Å². The molecule has 1 N–H and O–H groups in total. The second-order valence-electron chi connectivity index (χ2n) is 14.8. The molecule has 308 valence electrons. The summed E-state index contributed by atoms with van der Waals surface area (Å²) in [6.45, 7) is 3.91. The molecule has 8 nitrogen and oxygen atoms in total. The van der Waals surface area contributed by atoms with Gasteiger partial charge in [-0.3, -0.25) is 18.6 Å². The molecule has 2 atom stereocenters. The number of esters is 2. The van der Waals surface area contributed by atoms with Gasteiger partial charge in [0.15, 0.2) is 6.10 Å². The van der Waals surface area contributed by atoms with Crippen molar-refractivity contribution in [3.8, 4) is 0 Å². The van der Waals surface area contributed by atoms with Gasteiger partial charge < -0.3 is 14.4 Å². The smallest absolute Gasteiger partial charge is 0.462 e. The van der Waals surface area contributed by atoms with Gasteiger partial charge in [0, 0.05) is 20.0 Å². The van der Waals surface area contributed by atoms with Crippen LogP contribution in [0.25, 0.3) is 0 Å².